The van der Waals surface area contributed by atoms with Crippen LogP contribution in [-0.2, 0) is 4.74 Å². The third-order valence-corrected chi connectivity index (χ3v) is 10.2. The largest absolute Gasteiger partial charge is 0.472 e. The van der Waals surface area contributed by atoms with Gasteiger partial charge in [-0.1, -0.05) is 19.9 Å². The van der Waals surface area contributed by atoms with Crippen LogP contribution in [-0.4, -0.2) is 23.4 Å². The summed E-state index contributed by atoms with van der Waals surface area (Å²) in [5.41, 5.74) is 1.11. The molecule has 4 saturated carbocycles. The molecule has 4 aliphatic rings. The van der Waals surface area contributed by atoms with Crippen LogP contribution in [0.5, 0.6) is 0 Å². The van der Waals surface area contributed by atoms with E-state index in [1.54, 1.807) is 6.26 Å². The first-order valence-electron chi connectivity index (χ1n) is 11.9. The Bertz CT molecular complexity index is 741. The normalized spacial score (nSPS) is 49.1. The molecule has 0 amide bonds. The third kappa shape index (κ3) is 2.76. The van der Waals surface area contributed by atoms with Gasteiger partial charge in [-0.25, -0.2) is 0 Å². The molecule has 0 aromatic carbocycles. The van der Waals surface area contributed by atoms with E-state index in [4.69, 9.17) is 9.15 Å². The molecule has 4 aliphatic carbocycles. The molecule has 29 heavy (non-hydrogen) atoms. The molecule has 1 N–H and O–H groups in total. The Kier molecular flexibility index (Phi) is 4.79. The number of hydrogen-bond donors (Lipinski definition) is 1. The molecule has 5 rings (SSSR count). The van der Waals surface area contributed by atoms with E-state index in [1.807, 2.05) is 12.3 Å². The predicted octanol–water partition coefficient (Wildman–Crippen LogP) is 6.09. The van der Waals surface area contributed by atoms with Gasteiger partial charge >= 0.3 is 0 Å². The first kappa shape index (κ1) is 19.9. The van der Waals surface area contributed by atoms with Crippen LogP contribution in [0.4, 0.5) is 0 Å². The maximum atomic E-state index is 12.2. The Morgan fingerprint density at radius 2 is 2.00 bits per heavy atom. The Balaban J connectivity index is 1.40. The van der Waals surface area contributed by atoms with Crippen LogP contribution in [0.25, 0.3) is 0 Å². The van der Waals surface area contributed by atoms with Gasteiger partial charge in [0.15, 0.2) is 0 Å². The molecule has 0 spiro atoms. The minimum Gasteiger partial charge on any atom is -0.472 e. The fraction of sp³-hybridized carbons (Fsp3) is 0.769. The third-order valence-electron chi connectivity index (χ3n) is 10.2. The van der Waals surface area contributed by atoms with Gasteiger partial charge in [0, 0.05) is 5.41 Å². The molecule has 4 fully saturated rings. The molecule has 1 aromatic rings. The highest BCUT2D eigenvalue weighted by Gasteiger charge is 2.67. The molecule has 160 valence electrons. The Morgan fingerprint density at radius 3 is 2.76 bits per heavy atom. The quantitative estimate of drug-likeness (QED) is 0.624. The Hall–Kier alpha value is -1.06. The summed E-state index contributed by atoms with van der Waals surface area (Å²) >= 11 is 0. The van der Waals surface area contributed by atoms with Gasteiger partial charge < -0.3 is 14.3 Å². The van der Waals surface area contributed by atoms with Crippen LogP contribution in [0.2, 0.25) is 0 Å². The summed E-state index contributed by atoms with van der Waals surface area (Å²) in [6.45, 7) is 9.40. The molecule has 1 unspecified atom stereocenters. The van der Waals surface area contributed by atoms with Crippen molar-refractivity contribution in [3.05, 3.63) is 36.8 Å². The van der Waals surface area contributed by atoms with Crippen LogP contribution in [0, 0.1) is 28.6 Å². The van der Waals surface area contributed by atoms with Gasteiger partial charge in [-0.3, -0.25) is 0 Å². The maximum Gasteiger partial charge on any atom is 0.0937 e. The van der Waals surface area contributed by atoms with Crippen LogP contribution in [0.1, 0.15) is 83.1 Å². The zero-order valence-electron chi connectivity index (χ0n) is 18.2. The summed E-state index contributed by atoms with van der Waals surface area (Å²) < 4.78 is 11.5. The zero-order chi connectivity index (χ0) is 20.3. The minimum absolute atomic E-state index is 0.0223. The summed E-state index contributed by atoms with van der Waals surface area (Å²) in [4.78, 5) is 0. The summed E-state index contributed by atoms with van der Waals surface area (Å²) in [7, 11) is 0. The molecular formula is C26H38O3. The maximum absolute atomic E-state index is 12.2. The number of hydrogen-bond acceptors (Lipinski definition) is 3. The van der Waals surface area contributed by atoms with Gasteiger partial charge in [0.1, 0.15) is 0 Å². The van der Waals surface area contributed by atoms with Crippen molar-refractivity contribution in [2.75, 3.05) is 6.61 Å². The van der Waals surface area contributed by atoms with Gasteiger partial charge in [-0.05, 0) is 98.5 Å². The number of aliphatic hydroxyl groups is 1. The monoisotopic (exact) mass is 398 g/mol. The molecule has 1 aromatic heterocycles. The second-order valence-corrected chi connectivity index (χ2v) is 11.0. The van der Waals surface area contributed by atoms with E-state index < -0.39 is 5.60 Å². The van der Waals surface area contributed by atoms with Gasteiger partial charge in [0.25, 0.3) is 0 Å². The van der Waals surface area contributed by atoms with Crippen molar-refractivity contribution in [3.63, 3.8) is 0 Å². The zero-order valence-corrected chi connectivity index (χ0v) is 18.2. The standard InChI is InChI=1S/C26H38O3/c1-4-14-29-20-7-11-24(2)19(16-20)5-6-23-22(24)8-12-25(3)21(9-13-26(23,25)27)18-10-15-28-17-18/h4,10,15,17,19-23,27H,1,5-9,11-14,16H2,2-3H3/t19-,20+,21-,22+,23-,24+,25-,26?/m1/s1. The van der Waals surface area contributed by atoms with Crippen molar-refractivity contribution in [2.24, 2.45) is 28.6 Å². The lowest BCUT2D eigenvalue weighted by molar-refractivity contribution is -0.206. The molecule has 8 atom stereocenters. The first-order valence-corrected chi connectivity index (χ1v) is 11.9. The predicted molar refractivity (Wildman–Crippen MR) is 115 cm³/mol. The Labute approximate surface area is 175 Å². The highest BCUT2D eigenvalue weighted by Crippen LogP contribution is 2.70. The number of furan rings is 1. The average molecular weight is 399 g/mol. The summed E-state index contributed by atoms with van der Waals surface area (Å²) in [5, 5.41) is 12.2. The molecular weight excluding hydrogens is 360 g/mol. The van der Waals surface area contributed by atoms with E-state index >= 15 is 0 Å². The second-order valence-electron chi connectivity index (χ2n) is 11.0. The van der Waals surface area contributed by atoms with Gasteiger partial charge in [0.05, 0.1) is 30.8 Å². The van der Waals surface area contributed by atoms with E-state index in [9.17, 15) is 5.11 Å². The van der Waals surface area contributed by atoms with E-state index in [0.717, 1.165) is 31.6 Å². The van der Waals surface area contributed by atoms with Gasteiger partial charge in [0.2, 0.25) is 0 Å². The van der Waals surface area contributed by atoms with Crippen LogP contribution in [0.15, 0.2) is 35.7 Å². The lowest BCUT2D eigenvalue weighted by atomic mass is 9.43. The van der Waals surface area contributed by atoms with Crippen molar-refractivity contribution >= 4 is 0 Å². The molecule has 0 radical (unpaired) electrons. The van der Waals surface area contributed by atoms with E-state index in [-0.39, 0.29) is 5.41 Å². The van der Waals surface area contributed by atoms with Gasteiger partial charge in [-0.2, -0.15) is 0 Å². The highest BCUT2D eigenvalue weighted by molar-refractivity contribution is 5.26. The molecule has 3 nitrogen and oxygen atoms in total. The summed E-state index contributed by atoms with van der Waals surface area (Å²) in [6.07, 6.45) is 16.5. The lowest BCUT2D eigenvalue weighted by Crippen LogP contribution is -2.62. The fourth-order valence-electron chi connectivity index (χ4n) is 8.55. The molecule has 0 aliphatic heterocycles. The molecule has 0 bridgehead atoms. The van der Waals surface area contributed by atoms with Crippen molar-refractivity contribution in [3.8, 4) is 0 Å². The first-order chi connectivity index (χ1) is 13.9. The lowest BCUT2D eigenvalue weighted by Gasteiger charge is -2.63. The Morgan fingerprint density at radius 1 is 1.14 bits per heavy atom. The van der Waals surface area contributed by atoms with E-state index in [1.165, 1.54) is 37.7 Å². The summed E-state index contributed by atoms with van der Waals surface area (Å²) in [5.74, 6) is 2.28. The highest BCUT2D eigenvalue weighted by atomic mass is 16.5. The SMILES string of the molecule is C=CCO[C@H]1CC[C@@]2(C)[C@H](CC[C@@H]3[C@@H]2CC[C@]2(C)[C@@H](c4ccoc4)CCC32O)C1. The van der Waals surface area contributed by atoms with Crippen LogP contribution in [0.3, 0.4) is 0 Å². The molecule has 1 heterocycles. The van der Waals surface area contributed by atoms with Crippen molar-refractivity contribution in [1.82, 2.24) is 0 Å². The summed E-state index contributed by atoms with van der Waals surface area (Å²) in [6, 6.07) is 2.12. The van der Waals surface area contributed by atoms with Crippen LogP contribution >= 0.6 is 0 Å². The van der Waals surface area contributed by atoms with E-state index in [0.29, 0.717) is 35.9 Å². The van der Waals surface area contributed by atoms with Crippen molar-refractivity contribution in [2.45, 2.75) is 89.3 Å². The smallest absolute Gasteiger partial charge is 0.0937 e. The fourth-order valence-corrected chi connectivity index (χ4v) is 8.55. The van der Waals surface area contributed by atoms with Gasteiger partial charge in [-0.15, -0.1) is 6.58 Å². The number of fused-ring (bicyclic) bond motifs is 5. The number of rotatable bonds is 4. The molecule has 0 saturated heterocycles. The minimum atomic E-state index is -0.526. The molecule has 3 heteroatoms. The second kappa shape index (κ2) is 6.99. The van der Waals surface area contributed by atoms with Crippen LogP contribution < -0.4 is 0 Å². The average Bonchev–Trinajstić information content (AvgIpc) is 3.32. The topological polar surface area (TPSA) is 42.6 Å². The number of ether oxygens (including phenoxy) is 1. The van der Waals surface area contributed by atoms with Crippen molar-refractivity contribution < 1.29 is 14.3 Å². The van der Waals surface area contributed by atoms with E-state index in [2.05, 4.69) is 26.5 Å². The van der Waals surface area contributed by atoms with Crippen molar-refractivity contribution in [1.29, 1.82) is 0 Å².